The maximum atomic E-state index is 14.0. The highest BCUT2D eigenvalue weighted by molar-refractivity contribution is 6.06. The Hall–Kier alpha value is -3.80. The highest BCUT2D eigenvalue weighted by Gasteiger charge is 2.42. The Balaban J connectivity index is 1.55. The summed E-state index contributed by atoms with van der Waals surface area (Å²) in [6.45, 7) is 8.37. The Kier molecular flexibility index (Phi) is 8.20. The first-order chi connectivity index (χ1) is 19.0. The number of para-hydroxylation sites is 2. The maximum absolute atomic E-state index is 14.0. The van der Waals surface area contributed by atoms with E-state index in [9.17, 15) is 9.59 Å². The lowest BCUT2D eigenvalue weighted by Gasteiger charge is -2.34. The van der Waals surface area contributed by atoms with Crippen molar-refractivity contribution in [2.45, 2.75) is 71.3 Å². The molecule has 1 amide bonds. The number of ketones is 1. The minimum Gasteiger partial charge on any atom is -0.467 e. The van der Waals surface area contributed by atoms with Crippen LogP contribution in [0.5, 0.6) is 0 Å². The molecular weight excluding hydrogens is 486 g/mol. The average Bonchev–Trinajstić information content (AvgIpc) is 3.43. The summed E-state index contributed by atoms with van der Waals surface area (Å²) in [4.78, 5) is 32.0. The fraction of sp³-hybridized carbons (Fsp3) is 0.394. The van der Waals surface area contributed by atoms with E-state index < -0.39 is 6.04 Å². The van der Waals surface area contributed by atoms with Gasteiger partial charge in [0, 0.05) is 42.9 Å². The highest BCUT2D eigenvalue weighted by atomic mass is 16.3. The molecule has 0 spiro atoms. The van der Waals surface area contributed by atoms with E-state index >= 15 is 0 Å². The molecule has 6 heteroatoms. The van der Waals surface area contributed by atoms with Crippen LogP contribution in [0.15, 0.2) is 82.6 Å². The molecule has 1 aromatic heterocycles. The molecule has 2 atom stereocenters. The topological polar surface area (TPSA) is 65.8 Å². The molecule has 204 valence electrons. The Labute approximate surface area is 231 Å². The number of anilines is 3. The molecule has 2 heterocycles. The molecule has 2 aliphatic rings. The summed E-state index contributed by atoms with van der Waals surface area (Å²) >= 11 is 0. The van der Waals surface area contributed by atoms with Crippen LogP contribution in [-0.2, 0) is 9.59 Å². The van der Waals surface area contributed by atoms with E-state index in [4.69, 9.17) is 4.42 Å². The van der Waals surface area contributed by atoms with E-state index in [-0.39, 0.29) is 17.6 Å². The lowest BCUT2D eigenvalue weighted by Crippen LogP contribution is -2.38. The van der Waals surface area contributed by atoms with Crippen LogP contribution >= 0.6 is 0 Å². The van der Waals surface area contributed by atoms with Gasteiger partial charge in [-0.05, 0) is 74.6 Å². The molecule has 39 heavy (non-hydrogen) atoms. The summed E-state index contributed by atoms with van der Waals surface area (Å²) in [6.07, 6.45) is 5.98. The number of benzene rings is 2. The van der Waals surface area contributed by atoms with Crippen LogP contribution in [0.25, 0.3) is 0 Å². The van der Waals surface area contributed by atoms with Crippen LogP contribution in [0.2, 0.25) is 0 Å². The van der Waals surface area contributed by atoms with Crippen LogP contribution in [-0.4, -0.2) is 24.8 Å². The second-order valence-electron chi connectivity index (χ2n) is 10.5. The zero-order valence-electron chi connectivity index (χ0n) is 23.3. The number of rotatable bonds is 9. The molecule has 0 bridgehead atoms. The molecule has 1 N–H and O–H groups in total. The summed E-state index contributed by atoms with van der Waals surface area (Å²) in [5.41, 5.74) is 5.49. The number of fused-ring (bicyclic) bond motifs is 1. The third-order valence-electron chi connectivity index (χ3n) is 8.06. The summed E-state index contributed by atoms with van der Waals surface area (Å²) in [5.74, 6) is 0.739. The van der Waals surface area contributed by atoms with Crippen molar-refractivity contribution in [2.24, 2.45) is 0 Å². The largest absolute Gasteiger partial charge is 0.467 e. The van der Waals surface area contributed by atoms with E-state index in [2.05, 4.69) is 55.3 Å². The van der Waals surface area contributed by atoms with Gasteiger partial charge in [-0.2, -0.15) is 0 Å². The van der Waals surface area contributed by atoms with E-state index in [0.29, 0.717) is 30.6 Å². The number of unbranched alkanes of at least 4 members (excludes halogenated alkanes) is 2. The standard InChI is InChI=1S/C33H39N3O3/c1-4-7-8-15-31(38)36-28-13-10-9-12-26(28)34-27-21-24(23-16-18-25(19-17-23)35(5-2)6-3)22-29(37)32(27)33(36)30-14-11-20-39-30/h9-14,16-20,24,33-34H,4-8,15,21-22H2,1-3H3/t24-,33-/m0/s1. The van der Waals surface area contributed by atoms with E-state index in [1.54, 1.807) is 11.2 Å². The van der Waals surface area contributed by atoms with Crippen LogP contribution in [0.1, 0.15) is 82.6 Å². The van der Waals surface area contributed by atoms with Gasteiger partial charge >= 0.3 is 0 Å². The van der Waals surface area contributed by atoms with Crippen LogP contribution < -0.4 is 15.1 Å². The minimum absolute atomic E-state index is 0.00904. The van der Waals surface area contributed by atoms with Crippen molar-refractivity contribution in [3.05, 3.63) is 89.5 Å². The Morgan fingerprint density at radius 2 is 1.74 bits per heavy atom. The first kappa shape index (κ1) is 26.8. The third-order valence-corrected chi connectivity index (χ3v) is 8.06. The lowest BCUT2D eigenvalue weighted by molar-refractivity contribution is -0.119. The maximum Gasteiger partial charge on any atom is 0.228 e. The molecule has 2 aromatic carbocycles. The number of hydrogen-bond donors (Lipinski definition) is 1. The van der Waals surface area contributed by atoms with Crippen molar-refractivity contribution in [1.29, 1.82) is 0 Å². The van der Waals surface area contributed by atoms with E-state index in [0.717, 1.165) is 55.0 Å². The molecule has 3 aromatic rings. The predicted octanol–water partition coefficient (Wildman–Crippen LogP) is 7.61. The molecule has 1 aliphatic heterocycles. The lowest BCUT2D eigenvalue weighted by atomic mass is 9.79. The second-order valence-corrected chi connectivity index (χ2v) is 10.5. The third kappa shape index (κ3) is 5.38. The van der Waals surface area contributed by atoms with Crippen molar-refractivity contribution >= 4 is 28.8 Å². The molecular formula is C33H39N3O3. The Bertz CT molecular complexity index is 1320. The number of amides is 1. The molecule has 5 rings (SSSR count). The molecule has 6 nitrogen and oxygen atoms in total. The summed E-state index contributed by atoms with van der Waals surface area (Å²) < 4.78 is 5.90. The van der Waals surface area contributed by atoms with Gasteiger partial charge in [0.1, 0.15) is 11.8 Å². The van der Waals surface area contributed by atoms with Gasteiger partial charge in [0.15, 0.2) is 5.78 Å². The van der Waals surface area contributed by atoms with Crippen molar-refractivity contribution in [3.8, 4) is 0 Å². The SMILES string of the molecule is CCCCCC(=O)N1c2ccccc2NC2=C(C(=O)C[C@@H](c3ccc(N(CC)CC)cc3)C2)[C@@H]1c1ccco1. The summed E-state index contributed by atoms with van der Waals surface area (Å²) in [5, 5.41) is 3.60. The second kappa shape index (κ2) is 11.9. The fourth-order valence-corrected chi connectivity index (χ4v) is 6.01. The van der Waals surface area contributed by atoms with Crippen LogP contribution in [0, 0.1) is 0 Å². The molecule has 1 aliphatic carbocycles. The first-order valence-corrected chi connectivity index (χ1v) is 14.4. The summed E-state index contributed by atoms with van der Waals surface area (Å²) in [7, 11) is 0. The fourth-order valence-electron chi connectivity index (χ4n) is 6.01. The number of allylic oxidation sites excluding steroid dienone is 1. The van der Waals surface area contributed by atoms with Gasteiger partial charge < -0.3 is 14.6 Å². The van der Waals surface area contributed by atoms with E-state index in [1.807, 2.05) is 36.4 Å². The Morgan fingerprint density at radius 1 is 0.974 bits per heavy atom. The van der Waals surface area contributed by atoms with Crippen molar-refractivity contribution in [1.82, 2.24) is 0 Å². The number of nitrogens with zero attached hydrogens (tertiary/aromatic N) is 2. The zero-order valence-corrected chi connectivity index (χ0v) is 23.3. The highest BCUT2D eigenvalue weighted by Crippen LogP contribution is 2.47. The summed E-state index contributed by atoms with van der Waals surface area (Å²) in [6, 6.07) is 19.6. The van der Waals surface area contributed by atoms with Crippen molar-refractivity contribution < 1.29 is 14.0 Å². The van der Waals surface area contributed by atoms with Gasteiger partial charge in [-0.1, -0.05) is 44.0 Å². The molecule has 0 fully saturated rings. The van der Waals surface area contributed by atoms with Gasteiger partial charge in [0.2, 0.25) is 5.91 Å². The van der Waals surface area contributed by atoms with Crippen molar-refractivity contribution in [3.63, 3.8) is 0 Å². The number of hydrogen-bond acceptors (Lipinski definition) is 5. The van der Waals surface area contributed by atoms with Crippen LogP contribution in [0.3, 0.4) is 0 Å². The molecule has 0 saturated carbocycles. The van der Waals surface area contributed by atoms with Crippen molar-refractivity contribution in [2.75, 3.05) is 28.2 Å². The van der Waals surface area contributed by atoms with E-state index in [1.165, 1.54) is 5.69 Å². The minimum atomic E-state index is -0.598. The van der Waals surface area contributed by atoms with Gasteiger partial charge in [0.25, 0.3) is 0 Å². The van der Waals surface area contributed by atoms with Gasteiger partial charge in [-0.3, -0.25) is 14.5 Å². The zero-order chi connectivity index (χ0) is 27.4. The van der Waals surface area contributed by atoms with Crippen LogP contribution in [0.4, 0.5) is 17.1 Å². The monoisotopic (exact) mass is 525 g/mol. The predicted molar refractivity (Wildman–Crippen MR) is 157 cm³/mol. The molecule has 0 radical (unpaired) electrons. The van der Waals surface area contributed by atoms with Gasteiger partial charge in [-0.15, -0.1) is 0 Å². The Morgan fingerprint density at radius 3 is 2.44 bits per heavy atom. The normalized spacial score (nSPS) is 18.7. The average molecular weight is 526 g/mol. The number of Topliss-reactive ketones (excluding diaryl/α,β-unsaturated/α-hetero) is 1. The molecule has 0 unspecified atom stereocenters. The van der Waals surface area contributed by atoms with Gasteiger partial charge in [0.05, 0.1) is 17.6 Å². The first-order valence-electron chi connectivity index (χ1n) is 14.4. The number of carbonyl (C=O) groups is 2. The number of furan rings is 1. The number of carbonyl (C=O) groups excluding carboxylic acids is 2. The number of nitrogens with one attached hydrogen (secondary N) is 1. The smallest absolute Gasteiger partial charge is 0.228 e. The van der Waals surface area contributed by atoms with Gasteiger partial charge in [-0.25, -0.2) is 0 Å². The quantitative estimate of drug-likeness (QED) is 0.291. The molecule has 0 saturated heterocycles.